The van der Waals surface area contributed by atoms with E-state index in [1.807, 2.05) is 0 Å². The number of benzene rings is 1. The summed E-state index contributed by atoms with van der Waals surface area (Å²) in [5, 5.41) is 3.25. The van der Waals surface area contributed by atoms with Crippen LogP contribution in [0.1, 0.15) is 36.0 Å². The number of methoxy groups -OCH3 is 2. The van der Waals surface area contributed by atoms with Crippen LogP contribution in [0.15, 0.2) is 24.3 Å². The zero-order valence-electron chi connectivity index (χ0n) is 13.1. The van der Waals surface area contributed by atoms with Crippen LogP contribution < -0.4 is 5.32 Å². The standard InChI is InChI=1S/C16H14ClNO5S/c1-8-11(15(20)22-2)14(24-12(8)16(21)23-3)18-13(19)9-5-4-6-10(17)7-9/h4-7H,1-3H3,(H,18,19). The molecule has 0 radical (unpaired) electrons. The summed E-state index contributed by atoms with van der Waals surface area (Å²) in [6, 6.07) is 6.36. The Balaban J connectivity index is 2.43. The van der Waals surface area contributed by atoms with E-state index in [-0.39, 0.29) is 15.4 Å². The van der Waals surface area contributed by atoms with E-state index in [1.54, 1.807) is 25.1 Å². The van der Waals surface area contributed by atoms with Gasteiger partial charge in [-0.25, -0.2) is 9.59 Å². The summed E-state index contributed by atoms with van der Waals surface area (Å²) in [6.45, 7) is 1.59. The summed E-state index contributed by atoms with van der Waals surface area (Å²) in [6.07, 6.45) is 0. The lowest BCUT2D eigenvalue weighted by Crippen LogP contribution is -2.14. The molecule has 6 nitrogen and oxygen atoms in total. The van der Waals surface area contributed by atoms with Gasteiger partial charge in [-0.15, -0.1) is 11.3 Å². The van der Waals surface area contributed by atoms with Gasteiger partial charge in [0.25, 0.3) is 5.91 Å². The number of hydrogen-bond acceptors (Lipinski definition) is 6. The van der Waals surface area contributed by atoms with Crippen LogP contribution in [-0.2, 0) is 9.47 Å². The number of carbonyl (C=O) groups excluding carboxylic acids is 3. The topological polar surface area (TPSA) is 81.7 Å². The maximum atomic E-state index is 12.4. The molecule has 0 saturated carbocycles. The zero-order valence-corrected chi connectivity index (χ0v) is 14.7. The molecule has 0 atom stereocenters. The molecular formula is C16H14ClNO5S. The van der Waals surface area contributed by atoms with E-state index in [0.29, 0.717) is 16.1 Å². The van der Waals surface area contributed by atoms with Gasteiger partial charge in [0.15, 0.2) is 0 Å². The Hall–Kier alpha value is -2.38. The molecular weight excluding hydrogens is 354 g/mol. The van der Waals surface area contributed by atoms with E-state index < -0.39 is 17.8 Å². The van der Waals surface area contributed by atoms with Crippen LogP contribution in [0.4, 0.5) is 5.00 Å². The summed E-state index contributed by atoms with van der Waals surface area (Å²) in [5.41, 5.74) is 0.836. The minimum absolute atomic E-state index is 0.123. The largest absolute Gasteiger partial charge is 0.465 e. The van der Waals surface area contributed by atoms with Crippen molar-refractivity contribution >= 4 is 45.8 Å². The lowest BCUT2D eigenvalue weighted by Gasteiger charge is -2.06. The predicted octanol–water partition coefficient (Wildman–Crippen LogP) is 3.54. The molecule has 0 bridgehead atoms. The van der Waals surface area contributed by atoms with Crippen molar-refractivity contribution in [2.75, 3.05) is 19.5 Å². The van der Waals surface area contributed by atoms with Gasteiger partial charge in [-0.3, -0.25) is 4.79 Å². The van der Waals surface area contributed by atoms with Gasteiger partial charge in [0, 0.05) is 10.6 Å². The fourth-order valence-electron chi connectivity index (χ4n) is 2.04. The number of amides is 1. The van der Waals surface area contributed by atoms with Crippen molar-refractivity contribution in [2.24, 2.45) is 0 Å². The number of ether oxygens (including phenoxy) is 2. The third kappa shape index (κ3) is 3.58. The molecule has 0 fully saturated rings. The molecule has 0 aliphatic heterocycles. The van der Waals surface area contributed by atoms with Crippen LogP contribution in [0.25, 0.3) is 0 Å². The molecule has 0 aliphatic carbocycles. The molecule has 126 valence electrons. The van der Waals surface area contributed by atoms with Gasteiger partial charge >= 0.3 is 11.9 Å². The first-order chi connectivity index (χ1) is 11.4. The van der Waals surface area contributed by atoms with E-state index in [9.17, 15) is 14.4 Å². The number of nitrogens with one attached hydrogen (secondary N) is 1. The minimum atomic E-state index is -0.653. The Kier molecular flexibility index (Phi) is 5.58. The highest BCUT2D eigenvalue weighted by molar-refractivity contribution is 7.18. The van der Waals surface area contributed by atoms with Crippen LogP contribution in [-0.4, -0.2) is 32.1 Å². The van der Waals surface area contributed by atoms with Crippen LogP contribution in [0.3, 0.4) is 0 Å². The van der Waals surface area contributed by atoms with Crippen molar-refractivity contribution in [1.29, 1.82) is 0 Å². The molecule has 0 spiro atoms. The zero-order chi connectivity index (χ0) is 17.9. The predicted molar refractivity (Wildman–Crippen MR) is 91.1 cm³/mol. The normalized spacial score (nSPS) is 10.2. The SMILES string of the molecule is COC(=O)c1sc(NC(=O)c2cccc(Cl)c2)c(C(=O)OC)c1C. The minimum Gasteiger partial charge on any atom is -0.465 e. The lowest BCUT2D eigenvalue weighted by atomic mass is 10.1. The van der Waals surface area contributed by atoms with Crippen molar-refractivity contribution < 1.29 is 23.9 Å². The van der Waals surface area contributed by atoms with Gasteiger partial charge < -0.3 is 14.8 Å². The molecule has 1 N–H and O–H groups in total. The molecule has 1 aromatic heterocycles. The Labute approximate surface area is 147 Å². The van der Waals surface area contributed by atoms with Gasteiger partial charge in [-0.05, 0) is 30.7 Å². The van der Waals surface area contributed by atoms with Crippen molar-refractivity contribution in [3.8, 4) is 0 Å². The number of carbonyl (C=O) groups is 3. The average Bonchev–Trinajstić information content (AvgIpc) is 2.89. The summed E-state index contributed by atoms with van der Waals surface area (Å²) >= 11 is 6.82. The molecule has 0 saturated heterocycles. The van der Waals surface area contributed by atoms with Crippen molar-refractivity contribution in [3.63, 3.8) is 0 Å². The van der Waals surface area contributed by atoms with E-state index in [2.05, 4.69) is 5.32 Å². The average molecular weight is 368 g/mol. The third-order valence-electron chi connectivity index (χ3n) is 3.22. The fraction of sp³-hybridized carbons (Fsp3) is 0.188. The number of halogens is 1. The summed E-state index contributed by atoms with van der Waals surface area (Å²) in [5.74, 6) is -1.70. The quantitative estimate of drug-likeness (QED) is 0.836. The second-order valence-corrected chi connectivity index (χ2v) is 6.17. The van der Waals surface area contributed by atoms with Crippen molar-refractivity contribution in [3.05, 3.63) is 50.9 Å². The van der Waals surface area contributed by atoms with Gasteiger partial charge in [-0.1, -0.05) is 17.7 Å². The maximum absolute atomic E-state index is 12.4. The molecule has 2 aromatic rings. The molecule has 24 heavy (non-hydrogen) atoms. The molecule has 0 aliphatic rings. The third-order valence-corrected chi connectivity index (χ3v) is 4.64. The second kappa shape index (κ2) is 7.46. The fourth-order valence-corrected chi connectivity index (χ4v) is 3.34. The van der Waals surface area contributed by atoms with Crippen molar-refractivity contribution in [2.45, 2.75) is 6.92 Å². The maximum Gasteiger partial charge on any atom is 0.348 e. The van der Waals surface area contributed by atoms with Crippen LogP contribution in [0.2, 0.25) is 5.02 Å². The molecule has 8 heteroatoms. The van der Waals surface area contributed by atoms with Crippen LogP contribution in [0, 0.1) is 6.92 Å². The lowest BCUT2D eigenvalue weighted by molar-refractivity contribution is 0.0601. The highest BCUT2D eigenvalue weighted by atomic mass is 35.5. The first-order valence-corrected chi connectivity index (χ1v) is 7.95. The highest BCUT2D eigenvalue weighted by Gasteiger charge is 2.26. The summed E-state index contributed by atoms with van der Waals surface area (Å²) < 4.78 is 9.43. The molecule has 0 unspecified atom stereocenters. The number of anilines is 1. The Morgan fingerprint density at radius 2 is 1.79 bits per heavy atom. The Morgan fingerprint density at radius 1 is 1.12 bits per heavy atom. The number of thiophene rings is 1. The molecule has 1 amide bonds. The van der Waals surface area contributed by atoms with E-state index in [4.69, 9.17) is 21.1 Å². The highest BCUT2D eigenvalue weighted by Crippen LogP contribution is 2.34. The second-order valence-electron chi connectivity index (χ2n) is 4.71. The summed E-state index contributed by atoms with van der Waals surface area (Å²) in [7, 11) is 2.46. The molecule has 2 rings (SSSR count). The van der Waals surface area contributed by atoms with E-state index in [0.717, 1.165) is 11.3 Å². The van der Waals surface area contributed by atoms with Gasteiger partial charge in [0.05, 0.1) is 19.8 Å². The van der Waals surface area contributed by atoms with Crippen molar-refractivity contribution in [1.82, 2.24) is 0 Å². The number of rotatable bonds is 4. The first kappa shape index (κ1) is 18.0. The smallest absolute Gasteiger partial charge is 0.348 e. The van der Waals surface area contributed by atoms with Gasteiger partial charge in [0.1, 0.15) is 9.88 Å². The van der Waals surface area contributed by atoms with Gasteiger partial charge in [0.2, 0.25) is 0 Å². The Morgan fingerprint density at radius 3 is 2.38 bits per heavy atom. The van der Waals surface area contributed by atoms with Gasteiger partial charge in [-0.2, -0.15) is 0 Å². The van der Waals surface area contributed by atoms with Crippen LogP contribution >= 0.6 is 22.9 Å². The van der Waals surface area contributed by atoms with E-state index in [1.165, 1.54) is 20.3 Å². The molecule has 1 aromatic carbocycles. The first-order valence-electron chi connectivity index (χ1n) is 6.76. The number of hydrogen-bond donors (Lipinski definition) is 1. The summed E-state index contributed by atoms with van der Waals surface area (Å²) in [4.78, 5) is 36.4. The molecule has 1 heterocycles. The monoisotopic (exact) mass is 367 g/mol. The van der Waals surface area contributed by atoms with Crippen LogP contribution in [0.5, 0.6) is 0 Å². The Bertz CT molecular complexity index is 815. The van der Waals surface area contributed by atoms with E-state index >= 15 is 0 Å². The number of esters is 2.